The highest BCUT2D eigenvalue weighted by Gasteiger charge is 2.14. The average molecular weight is 256 g/mol. The van der Waals surface area contributed by atoms with Gasteiger partial charge in [0, 0.05) is 32.8 Å². The van der Waals surface area contributed by atoms with Crippen molar-refractivity contribution in [1.82, 2.24) is 9.80 Å². The zero-order valence-corrected chi connectivity index (χ0v) is 12.6. The summed E-state index contributed by atoms with van der Waals surface area (Å²) < 4.78 is 0. The molecule has 0 saturated carbocycles. The van der Waals surface area contributed by atoms with Gasteiger partial charge in [-0.1, -0.05) is 20.3 Å². The Morgan fingerprint density at radius 1 is 1.00 bits per heavy atom. The monoisotopic (exact) mass is 256 g/mol. The first-order valence-electron chi connectivity index (χ1n) is 7.63. The number of hydrogen-bond donors (Lipinski definition) is 1. The Morgan fingerprint density at radius 3 is 2.22 bits per heavy atom. The molecule has 1 aliphatic heterocycles. The van der Waals surface area contributed by atoms with Crippen molar-refractivity contribution in [3.8, 4) is 0 Å². The number of aliphatic hydroxyl groups is 1. The van der Waals surface area contributed by atoms with E-state index < -0.39 is 0 Å². The highest BCUT2D eigenvalue weighted by Crippen LogP contribution is 2.17. The Balaban J connectivity index is 2.07. The Kier molecular flexibility index (Phi) is 7.87. The van der Waals surface area contributed by atoms with E-state index in [0.29, 0.717) is 12.5 Å². The summed E-state index contributed by atoms with van der Waals surface area (Å²) in [4.78, 5) is 4.96. The van der Waals surface area contributed by atoms with E-state index in [2.05, 4.69) is 30.7 Å². The minimum atomic E-state index is 0.370. The second-order valence-corrected chi connectivity index (χ2v) is 6.31. The zero-order chi connectivity index (χ0) is 13.4. The van der Waals surface area contributed by atoms with Gasteiger partial charge in [0.2, 0.25) is 0 Å². The Labute approximate surface area is 113 Å². The van der Waals surface area contributed by atoms with Crippen molar-refractivity contribution in [2.24, 2.45) is 11.8 Å². The third kappa shape index (κ3) is 6.72. The van der Waals surface area contributed by atoms with Crippen molar-refractivity contribution in [2.45, 2.75) is 39.5 Å². The molecule has 18 heavy (non-hydrogen) atoms. The van der Waals surface area contributed by atoms with E-state index in [1.165, 1.54) is 58.4 Å². The molecule has 0 aromatic heterocycles. The van der Waals surface area contributed by atoms with Crippen LogP contribution < -0.4 is 0 Å². The van der Waals surface area contributed by atoms with Crippen molar-refractivity contribution >= 4 is 0 Å². The standard InChI is InChI=1S/C15H32N2O/c1-14(2)6-7-15(13-18)5-4-8-17-11-9-16(3)10-12-17/h14-15,18H,4-13H2,1-3H3/t15-/m1/s1. The molecule has 0 aromatic carbocycles. The van der Waals surface area contributed by atoms with Crippen LogP contribution in [0.1, 0.15) is 39.5 Å². The molecule has 1 aliphatic rings. The number of hydrogen-bond acceptors (Lipinski definition) is 3. The summed E-state index contributed by atoms with van der Waals surface area (Å²) in [6, 6.07) is 0. The third-order valence-corrected chi connectivity index (χ3v) is 4.09. The van der Waals surface area contributed by atoms with Gasteiger partial charge in [0.15, 0.2) is 0 Å². The number of piperazine rings is 1. The number of nitrogens with zero attached hydrogens (tertiary/aromatic N) is 2. The summed E-state index contributed by atoms with van der Waals surface area (Å²) in [6.07, 6.45) is 4.87. The summed E-state index contributed by atoms with van der Waals surface area (Å²) in [5, 5.41) is 9.39. The van der Waals surface area contributed by atoms with Gasteiger partial charge in [-0.05, 0) is 44.7 Å². The maximum absolute atomic E-state index is 9.39. The summed E-state index contributed by atoms with van der Waals surface area (Å²) >= 11 is 0. The zero-order valence-electron chi connectivity index (χ0n) is 12.6. The van der Waals surface area contributed by atoms with Crippen LogP contribution in [0, 0.1) is 11.8 Å². The highest BCUT2D eigenvalue weighted by atomic mass is 16.3. The van der Waals surface area contributed by atoms with Gasteiger partial charge in [0.25, 0.3) is 0 Å². The molecule has 0 radical (unpaired) electrons. The predicted octanol–water partition coefficient (Wildman–Crippen LogP) is 2.06. The van der Waals surface area contributed by atoms with Crippen molar-refractivity contribution < 1.29 is 5.11 Å². The highest BCUT2D eigenvalue weighted by molar-refractivity contribution is 4.70. The smallest absolute Gasteiger partial charge is 0.0459 e. The van der Waals surface area contributed by atoms with Gasteiger partial charge in [0.1, 0.15) is 0 Å². The summed E-state index contributed by atoms with van der Waals surface area (Å²) in [7, 11) is 2.20. The lowest BCUT2D eigenvalue weighted by Gasteiger charge is -2.32. The molecule has 3 nitrogen and oxygen atoms in total. The molecule has 0 aromatic rings. The molecule has 0 bridgehead atoms. The lowest BCUT2D eigenvalue weighted by Crippen LogP contribution is -2.44. The Bertz CT molecular complexity index is 201. The van der Waals surface area contributed by atoms with E-state index in [0.717, 1.165) is 5.92 Å². The summed E-state index contributed by atoms with van der Waals surface area (Å²) in [5.74, 6) is 1.29. The number of likely N-dealkylation sites (N-methyl/N-ethyl adjacent to an activating group) is 1. The van der Waals surface area contributed by atoms with Crippen LogP contribution in [0.3, 0.4) is 0 Å². The third-order valence-electron chi connectivity index (χ3n) is 4.09. The van der Waals surface area contributed by atoms with Crippen LogP contribution in [0.2, 0.25) is 0 Å². The van der Waals surface area contributed by atoms with Crippen molar-refractivity contribution in [3.05, 3.63) is 0 Å². The first-order valence-corrected chi connectivity index (χ1v) is 7.63. The molecule has 1 rings (SSSR count). The minimum absolute atomic E-state index is 0.370. The average Bonchev–Trinajstić information content (AvgIpc) is 2.35. The van der Waals surface area contributed by atoms with Crippen molar-refractivity contribution in [3.63, 3.8) is 0 Å². The normalized spacial score (nSPS) is 20.5. The molecule has 1 N–H and O–H groups in total. The van der Waals surface area contributed by atoms with Crippen molar-refractivity contribution in [1.29, 1.82) is 0 Å². The molecule has 3 heteroatoms. The largest absolute Gasteiger partial charge is 0.396 e. The van der Waals surface area contributed by atoms with Gasteiger partial charge in [-0.15, -0.1) is 0 Å². The fraction of sp³-hybridized carbons (Fsp3) is 1.00. The van der Waals surface area contributed by atoms with E-state index >= 15 is 0 Å². The van der Waals surface area contributed by atoms with Crippen molar-refractivity contribution in [2.75, 3.05) is 46.4 Å². The van der Waals surface area contributed by atoms with E-state index in [1.807, 2.05) is 0 Å². The van der Waals surface area contributed by atoms with Gasteiger partial charge >= 0.3 is 0 Å². The Morgan fingerprint density at radius 2 is 1.67 bits per heavy atom. The molecular weight excluding hydrogens is 224 g/mol. The van der Waals surface area contributed by atoms with Gasteiger partial charge in [-0.25, -0.2) is 0 Å². The van der Waals surface area contributed by atoms with Crippen LogP contribution in [0.25, 0.3) is 0 Å². The molecule has 108 valence electrons. The van der Waals surface area contributed by atoms with E-state index in [9.17, 15) is 5.11 Å². The van der Waals surface area contributed by atoms with Crippen LogP contribution in [-0.4, -0.2) is 61.3 Å². The molecule has 1 atom stereocenters. The predicted molar refractivity (Wildman–Crippen MR) is 77.8 cm³/mol. The van der Waals surface area contributed by atoms with Crippen LogP contribution in [0.15, 0.2) is 0 Å². The first kappa shape index (κ1) is 15.9. The lowest BCUT2D eigenvalue weighted by molar-refractivity contribution is 0.144. The van der Waals surface area contributed by atoms with Gasteiger partial charge in [-0.3, -0.25) is 0 Å². The molecule has 0 spiro atoms. The van der Waals surface area contributed by atoms with Crippen LogP contribution in [0.5, 0.6) is 0 Å². The first-order chi connectivity index (χ1) is 8.61. The van der Waals surface area contributed by atoms with Crippen LogP contribution in [-0.2, 0) is 0 Å². The SMILES string of the molecule is CC(C)CC[C@H](CO)CCCN1CCN(C)CC1. The fourth-order valence-corrected chi connectivity index (χ4v) is 2.57. The molecule has 1 heterocycles. The van der Waals surface area contributed by atoms with E-state index in [1.54, 1.807) is 0 Å². The molecule has 0 unspecified atom stereocenters. The molecular formula is C15H32N2O. The van der Waals surface area contributed by atoms with Crippen LogP contribution >= 0.6 is 0 Å². The fourth-order valence-electron chi connectivity index (χ4n) is 2.57. The van der Waals surface area contributed by atoms with Crippen LogP contribution in [0.4, 0.5) is 0 Å². The van der Waals surface area contributed by atoms with Gasteiger partial charge in [0.05, 0.1) is 0 Å². The minimum Gasteiger partial charge on any atom is -0.396 e. The molecule has 1 fully saturated rings. The number of rotatable bonds is 8. The summed E-state index contributed by atoms with van der Waals surface area (Å²) in [6.45, 7) is 10.9. The Hall–Kier alpha value is -0.120. The lowest BCUT2D eigenvalue weighted by atomic mass is 9.94. The summed E-state index contributed by atoms with van der Waals surface area (Å²) in [5.41, 5.74) is 0. The molecule has 1 saturated heterocycles. The quantitative estimate of drug-likeness (QED) is 0.720. The maximum atomic E-state index is 9.39. The topological polar surface area (TPSA) is 26.7 Å². The second kappa shape index (κ2) is 8.89. The van der Waals surface area contributed by atoms with Gasteiger partial charge in [-0.2, -0.15) is 0 Å². The van der Waals surface area contributed by atoms with E-state index in [-0.39, 0.29) is 0 Å². The molecule has 0 aliphatic carbocycles. The maximum Gasteiger partial charge on any atom is 0.0459 e. The van der Waals surface area contributed by atoms with Gasteiger partial charge < -0.3 is 14.9 Å². The molecule has 0 amide bonds. The second-order valence-electron chi connectivity index (χ2n) is 6.31. The van der Waals surface area contributed by atoms with E-state index in [4.69, 9.17) is 0 Å². The number of aliphatic hydroxyl groups excluding tert-OH is 1.